The van der Waals surface area contributed by atoms with Gasteiger partial charge in [0.2, 0.25) is 0 Å². The van der Waals surface area contributed by atoms with Crippen LogP contribution in [0.15, 0.2) is 18.2 Å². The van der Waals surface area contributed by atoms with Crippen LogP contribution in [0.3, 0.4) is 0 Å². The molecule has 1 aliphatic heterocycles. The molecule has 0 saturated heterocycles. The first-order valence-electron chi connectivity index (χ1n) is 6.42. The van der Waals surface area contributed by atoms with Crippen LogP contribution in [0.5, 0.6) is 5.75 Å². The number of hydrogen-bond acceptors (Lipinski definition) is 3. The number of aliphatic hydroxyl groups is 1. The molecule has 0 atom stereocenters. The zero-order valence-corrected chi connectivity index (χ0v) is 10.0. The van der Waals surface area contributed by atoms with Gasteiger partial charge in [0.05, 0.1) is 13.2 Å². The summed E-state index contributed by atoms with van der Waals surface area (Å²) in [5.41, 5.74) is 2.57. The van der Waals surface area contributed by atoms with Gasteiger partial charge in [-0.05, 0) is 36.6 Å². The summed E-state index contributed by atoms with van der Waals surface area (Å²) in [6.07, 6.45) is 4.55. The number of fused-ring (bicyclic) bond motifs is 1. The number of hydrogen-bond donors (Lipinski definition) is 2. The van der Waals surface area contributed by atoms with E-state index >= 15 is 0 Å². The van der Waals surface area contributed by atoms with Gasteiger partial charge in [-0.15, -0.1) is 0 Å². The Labute approximate surface area is 102 Å². The van der Waals surface area contributed by atoms with E-state index in [2.05, 4.69) is 17.4 Å². The van der Waals surface area contributed by atoms with Crippen molar-refractivity contribution < 1.29 is 9.84 Å². The van der Waals surface area contributed by atoms with Crippen LogP contribution in [0, 0.1) is 5.41 Å². The molecule has 0 amide bonds. The number of benzene rings is 1. The van der Waals surface area contributed by atoms with Crippen LogP contribution >= 0.6 is 0 Å². The molecule has 17 heavy (non-hydrogen) atoms. The van der Waals surface area contributed by atoms with Crippen LogP contribution in [0.4, 0.5) is 5.69 Å². The second-order valence-corrected chi connectivity index (χ2v) is 5.29. The van der Waals surface area contributed by atoms with Gasteiger partial charge in [-0.3, -0.25) is 0 Å². The highest BCUT2D eigenvalue weighted by molar-refractivity contribution is 5.52. The fourth-order valence-electron chi connectivity index (χ4n) is 2.65. The summed E-state index contributed by atoms with van der Waals surface area (Å²) in [5, 5.41) is 12.9. The van der Waals surface area contributed by atoms with Gasteiger partial charge in [-0.2, -0.15) is 0 Å². The van der Waals surface area contributed by atoms with E-state index in [4.69, 9.17) is 4.74 Å². The molecule has 1 heterocycles. The van der Waals surface area contributed by atoms with Crippen molar-refractivity contribution >= 4 is 5.69 Å². The van der Waals surface area contributed by atoms with Crippen LogP contribution in [-0.4, -0.2) is 24.9 Å². The van der Waals surface area contributed by atoms with Crippen LogP contribution in [-0.2, 0) is 6.42 Å². The largest absolute Gasteiger partial charge is 0.493 e. The Morgan fingerprint density at radius 1 is 1.35 bits per heavy atom. The maximum atomic E-state index is 9.41. The molecule has 1 aliphatic carbocycles. The molecule has 92 valence electrons. The molecular weight excluding hydrogens is 214 g/mol. The summed E-state index contributed by atoms with van der Waals surface area (Å²) in [6.45, 7) is 1.98. The molecule has 0 spiro atoms. The Kier molecular flexibility index (Phi) is 2.71. The molecule has 0 radical (unpaired) electrons. The monoisotopic (exact) mass is 233 g/mol. The first-order valence-corrected chi connectivity index (χ1v) is 6.42. The summed E-state index contributed by atoms with van der Waals surface area (Å²) < 4.78 is 5.48. The highest BCUT2D eigenvalue weighted by Crippen LogP contribution is 2.40. The highest BCUT2D eigenvalue weighted by atomic mass is 16.5. The zero-order chi connectivity index (χ0) is 11.7. The fourth-order valence-corrected chi connectivity index (χ4v) is 2.65. The van der Waals surface area contributed by atoms with Crippen molar-refractivity contribution in [2.24, 2.45) is 5.41 Å². The molecule has 2 N–H and O–H groups in total. The molecule has 1 aromatic carbocycles. The van der Waals surface area contributed by atoms with Gasteiger partial charge in [-0.25, -0.2) is 0 Å². The summed E-state index contributed by atoms with van der Waals surface area (Å²) in [4.78, 5) is 0. The lowest BCUT2D eigenvalue weighted by molar-refractivity contribution is 0.0576. The van der Waals surface area contributed by atoms with Crippen molar-refractivity contribution in [3.05, 3.63) is 23.8 Å². The lowest BCUT2D eigenvalue weighted by Crippen LogP contribution is -2.39. The summed E-state index contributed by atoms with van der Waals surface area (Å²) in [5.74, 6) is 1.02. The average Bonchev–Trinajstić information content (AvgIpc) is 2.75. The minimum atomic E-state index is 0.134. The second kappa shape index (κ2) is 4.22. The number of rotatable bonds is 4. The quantitative estimate of drug-likeness (QED) is 0.837. The minimum absolute atomic E-state index is 0.134. The van der Waals surface area contributed by atoms with E-state index in [1.165, 1.54) is 12.0 Å². The molecule has 0 unspecified atom stereocenters. The lowest BCUT2D eigenvalue weighted by atomic mass is 9.69. The molecule has 0 aromatic heterocycles. The molecule has 3 nitrogen and oxygen atoms in total. The van der Waals surface area contributed by atoms with E-state index in [0.29, 0.717) is 6.61 Å². The molecule has 1 aromatic rings. The lowest BCUT2D eigenvalue weighted by Gasteiger charge is -2.40. The van der Waals surface area contributed by atoms with E-state index < -0.39 is 0 Å². The Bertz CT molecular complexity index is 407. The standard InChI is InChI=1S/C14H19NO2/c16-10-14(5-1-6-14)9-15-12-2-3-13-11(8-12)4-7-17-13/h2-3,8,15-16H,1,4-7,9-10H2. The third-order valence-corrected chi connectivity index (χ3v) is 4.11. The summed E-state index contributed by atoms with van der Waals surface area (Å²) in [6, 6.07) is 6.27. The molecule has 3 heteroatoms. The van der Waals surface area contributed by atoms with Crippen molar-refractivity contribution in [2.75, 3.05) is 25.1 Å². The van der Waals surface area contributed by atoms with Gasteiger partial charge in [-0.1, -0.05) is 6.42 Å². The van der Waals surface area contributed by atoms with Crippen molar-refractivity contribution in [2.45, 2.75) is 25.7 Å². The van der Waals surface area contributed by atoms with Crippen molar-refractivity contribution in [1.82, 2.24) is 0 Å². The topological polar surface area (TPSA) is 41.5 Å². The summed E-state index contributed by atoms with van der Waals surface area (Å²) in [7, 11) is 0. The van der Waals surface area contributed by atoms with Gasteiger partial charge < -0.3 is 15.2 Å². The van der Waals surface area contributed by atoms with Crippen molar-refractivity contribution in [3.8, 4) is 5.75 Å². The normalized spacial score (nSPS) is 20.3. The van der Waals surface area contributed by atoms with Gasteiger partial charge in [0.1, 0.15) is 5.75 Å². The third-order valence-electron chi connectivity index (χ3n) is 4.11. The van der Waals surface area contributed by atoms with Gasteiger partial charge in [0, 0.05) is 24.1 Å². The third kappa shape index (κ3) is 2.00. The van der Waals surface area contributed by atoms with Crippen LogP contribution in [0.1, 0.15) is 24.8 Å². The zero-order valence-electron chi connectivity index (χ0n) is 10.0. The second-order valence-electron chi connectivity index (χ2n) is 5.29. The first kappa shape index (κ1) is 10.9. The molecule has 1 saturated carbocycles. The van der Waals surface area contributed by atoms with Crippen LogP contribution in [0.2, 0.25) is 0 Å². The Hall–Kier alpha value is -1.22. The SMILES string of the molecule is OCC1(CNc2ccc3c(c2)CCO3)CCC1. The Morgan fingerprint density at radius 3 is 2.94 bits per heavy atom. The van der Waals surface area contributed by atoms with Crippen LogP contribution < -0.4 is 10.1 Å². The molecule has 3 rings (SSSR count). The predicted molar refractivity (Wildman–Crippen MR) is 67.5 cm³/mol. The van der Waals surface area contributed by atoms with Crippen molar-refractivity contribution in [3.63, 3.8) is 0 Å². The Morgan fingerprint density at radius 2 is 2.24 bits per heavy atom. The Balaban J connectivity index is 1.65. The molecular formula is C14H19NO2. The minimum Gasteiger partial charge on any atom is -0.493 e. The van der Waals surface area contributed by atoms with E-state index in [1.54, 1.807) is 0 Å². The maximum Gasteiger partial charge on any atom is 0.122 e. The van der Waals surface area contributed by atoms with E-state index in [1.807, 2.05) is 6.07 Å². The highest BCUT2D eigenvalue weighted by Gasteiger charge is 2.35. The summed E-state index contributed by atoms with van der Waals surface area (Å²) >= 11 is 0. The first-order chi connectivity index (χ1) is 8.31. The van der Waals surface area contributed by atoms with E-state index in [0.717, 1.165) is 43.9 Å². The van der Waals surface area contributed by atoms with Gasteiger partial charge in [0.25, 0.3) is 0 Å². The van der Waals surface area contributed by atoms with Gasteiger partial charge >= 0.3 is 0 Å². The van der Waals surface area contributed by atoms with Crippen molar-refractivity contribution in [1.29, 1.82) is 0 Å². The van der Waals surface area contributed by atoms with E-state index in [9.17, 15) is 5.11 Å². The van der Waals surface area contributed by atoms with Crippen LogP contribution in [0.25, 0.3) is 0 Å². The smallest absolute Gasteiger partial charge is 0.122 e. The average molecular weight is 233 g/mol. The number of ether oxygens (including phenoxy) is 1. The van der Waals surface area contributed by atoms with Gasteiger partial charge in [0.15, 0.2) is 0 Å². The molecule has 1 fully saturated rings. The number of anilines is 1. The number of aliphatic hydroxyl groups excluding tert-OH is 1. The fraction of sp³-hybridized carbons (Fsp3) is 0.571. The van der Waals surface area contributed by atoms with E-state index in [-0.39, 0.29) is 5.41 Å². The molecule has 0 bridgehead atoms. The maximum absolute atomic E-state index is 9.41. The molecule has 2 aliphatic rings. The predicted octanol–water partition coefficient (Wildman–Crippen LogP) is 2.20. The number of nitrogens with one attached hydrogen (secondary N) is 1.